The third-order valence-corrected chi connectivity index (χ3v) is 4.65. The number of nitrogens with zero attached hydrogens (tertiary/aromatic N) is 1. The van der Waals surface area contributed by atoms with Crippen molar-refractivity contribution in [2.75, 3.05) is 4.90 Å². The number of hydroxylamine groups is 1. The van der Waals surface area contributed by atoms with Crippen LogP contribution in [0, 0.1) is 0 Å². The molecule has 0 spiro atoms. The molecule has 30 heavy (non-hydrogen) atoms. The number of carbonyl (C=O) groups is 1. The van der Waals surface area contributed by atoms with E-state index < -0.39 is 0 Å². The first-order chi connectivity index (χ1) is 14.7. The Hall–Kier alpha value is -4.05. The first kappa shape index (κ1) is 19.3. The average Bonchev–Trinajstić information content (AvgIpc) is 2.80. The molecule has 0 heterocycles. The van der Waals surface area contributed by atoms with Gasteiger partial charge in [0.05, 0.1) is 0 Å². The molecule has 0 aromatic heterocycles. The zero-order valence-electron chi connectivity index (χ0n) is 16.7. The number of hydrogen-bond donors (Lipinski definition) is 1. The number of rotatable bonds is 6. The van der Waals surface area contributed by atoms with Gasteiger partial charge in [0.1, 0.15) is 0 Å². The van der Waals surface area contributed by atoms with E-state index in [1.165, 1.54) is 6.92 Å². The Labute approximate surface area is 176 Å². The van der Waals surface area contributed by atoms with E-state index in [0.29, 0.717) is 5.75 Å². The predicted molar refractivity (Wildman–Crippen MR) is 121 cm³/mol. The van der Waals surface area contributed by atoms with E-state index in [-0.39, 0.29) is 5.91 Å². The summed E-state index contributed by atoms with van der Waals surface area (Å²) >= 11 is 0. The fourth-order valence-corrected chi connectivity index (χ4v) is 3.25. The van der Waals surface area contributed by atoms with Crippen molar-refractivity contribution >= 4 is 23.0 Å². The van der Waals surface area contributed by atoms with E-state index in [9.17, 15) is 4.79 Å². The lowest BCUT2D eigenvalue weighted by Crippen LogP contribution is -2.23. The molecule has 0 aliphatic rings. The maximum atomic E-state index is 11.0. The Bertz CT molecular complexity index is 1050. The highest BCUT2D eigenvalue weighted by molar-refractivity contribution is 5.78. The molecule has 0 radical (unpaired) electrons. The van der Waals surface area contributed by atoms with Crippen LogP contribution in [0.4, 0.5) is 17.1 Å². The number of hydrogen-bond acceptors (Lipinski definition) is 3. The van der Waals surface area contributed by atoms with Gasteiger partial charge in [0.25, 0.3) is 0 Å². The fourth-order valence-electron chi connectivity index (χ4n) is 3.25. The summed E-state index contributed by atoms with van der Waals surface area (Å²) in [6, 6.07) is 36.7. The van der Waals surface area contributed by atoms with Crippen LogP contribution in [-0.2, 0) is 4.79 Å². The van der Waals surface area contributed by atoms with Crippen LogP contribution in [-0.4, -0.2) is 5.91 Å². The molecule has 0 bridgehead atoms. The van der Waals surface area contributed by atoms with Gasteiger partial charge in [-0.2, -0.15) is 5.48 Å². The van der Waals surface area contributed by atoms with Gasteiger partial charge in [-0.25, -0.2) is 0 Å². The molecule has 4 heteroatoms. The molecule has 4 rings (SSSR count). The van der Waals surface area contributed by atoms with Crippen LogP contribution < -0.4 is 15.2 Å². The van der Waals surface area contributed by atoms with Gasteiger partial charge in [0.2, 0.25) is 5.91 Å². The second kappa shape index (κ2) is 8.97. The normalized spacial score (nSPS) is 10.3. The Balaban J connectivity index is 1.60. The summed E-state index contributed by atoms with van der Waals surface area (Å²) in [6.07, 6.45) is 0. The minimum absolute atomic E-state index is 0.240. The van der Waals surface area contributed by atoms with Gasteiger partial charge in [-0.3, -0.25) is 4.79 Å². The summed E-state index contributed by atoms with van der Waals surface area (Å²) in [7, 11) is 0. The summed E-state index contributed by atoms with van der Waals surface area (Å²) in [5, 5.41) is 0. The molecule has 0 saturated carbocycles. The molecule has 148 valence electrons. The second-order valence-corrected chi connectivity index (χ2v) is 6.84. The Morgan fingerprint density at radius 1 is 0.633 bits per heavy atom. The van der Waals surface area contributed by atoms with Crippen molar-refractivity contribution in [2.24, 2.45) is 0 Å². The summed E-state index contributed by atoms with van der Waals surface area (Å²) in [6.45, 7) is 1.41. The SMILES string of the molecule is CC(=O)NOc1ccc(-c2ccc(N(c3ccccc3)c3ccccc3)cc2)cc1. The fraction of sp³-hybridized carbons (Fsp3) is 0.0385. The molecule has 1 amide bonds. The molecule has 0 aliphatic heterocycles. The van der Waals surface area contributed by atoms with E-state index in [2.05, 4.69) is 58.9 Å². The monoisotopic (exact) mass is 394 g/mol. The smallest absolute Gasteiger partial charge is 0.249 e. The predicted octanol–water partition coefficient (Wildman–Crippen LogP) is 6.25. The molecule has 0 saturated heterocycles. The number of anilines is 3. The van der Waals surface area contributed by atoms with Crippen LogP contribution in [0.5, 0.6) is 5.75 Å². The van der Waals surface area contributed by atoms with Gasteiger partial charge in [0, 0.05) is 24.0 Å². The maximum absolute atomic E-state index is 11.0. The van der Waals surface area contributed by atoms with Crippen molar-refractivity contribution < 1.29 is 9.63 Å². The summed E-state index contributed by atoms with van der Waals surface area (Å²) in [4.78, 5) is 18.4. The molecule has 4 nitrogen and oxygen atoms in total. The highest BCUT2D eigenvalue weighted by atomic mass is 16.7. The van der Waals surface area contributed by atoms with E-state index in [4.69, 9.17) is 4.84 Å². The van der Waals surface area contributed by atoms with E-state index in [1.807, 2.05) is 60.7 Å². The number of carbonyl (C=O) groups excluding carboxylic acids is 1. The van der Waals surface area contributed by atoms with Gasteiger partial charge in [-0.15, -0.1) is 0 Å². The van der Waals surface area contributed by atoms with E-state index in [1.54, 1.807) is 0 Å². The first-order valence-corrected chi connectivity index (χ1v) is 9.75. The van der Waals surface area contributed by atoms with E-state index >= 15 is 0 Å². The Kier molecular flexibility index (Phi) is 5.76. The number of nitrogens with one attached hydrogen (secondary N) is 1. The third kappa shape index (κ3) is 4.50. The maximum Gasteiger partial charge on any atom is 0.249 e. The number of para-hydroxylation sites is 2. The molecule has 4 aromatic rings. The van der Waals surface area contributed by atoms with Gasteiger partial charge in [-0.1, -0.05) is 60.7 Å². The van der Waals surface area contributed by atoms with Crippen LogP contribution in [0.3, 0.4) is 0 Å². The van der Waals surface area contributed by atoms with Gasteiger partial charge < -0.3 is 9.74 Å². The van der Waals surface area contributed by atoms with Crippen LogP contribution in [0.2, 0.25) is 0 Å². The van der Waals surface area contributed by atoms with Gasteiger partial charge >= 0.3 is 0 Å². The molecule has 0 atom stereocenters. The molecular weight excluding hydrogens is 372 g/mol. The van der Waals surface area contributed by atoms with Crippen LogP contribution in [0.1, 0.15) is 6.92 Å². The quantitative estimate of drug-likeness (QED) is 0.393. The number of benzene rings is 4. The zero-order chi connectivity index (χ0) is 20.8. The van der Waals surface area contributed by atoms with Crippen molar-refractivity contribution in [2.45, 2.75) is 6.92 Å². The lowest BCUT2D eigenvalue weighted by Gasteiger charge is -2.25. The van der Waals surface area contributed by atoms with Crippen molar-refractivity contribution in [1.29, 1.82) is 0 Å². The first-order valence-electron chi connectivity index (χ1n) is 9.75. The zero-order valence-corrected chi connectivity index (χ0v) is 16.7. The molecule has 0 unspecified atom stereocenters. The van der Waals surface area contributed by atoms with Crippen molar-refractivity contribution in [3.8, 4) is 16.9 Å². The minimum atomic E-state index is -0.240. The second-order valence-electron chi connectivity index (χ2n) is 6.84. The molecule has 0 fully saturated rings. The van der Waals surface area contributed by atoms with Gasteiger partial charge in [0.15, 0.2) is 5.75 Å². The lowest BCUT2D eigenvalue weighted by atomic mass is 10.0. The topological polar surface area (TPSA) is 41.6 Å². The van der Waals surface area contributed by atoms with Crippen LogP contribution in [0.15, 0.2) is 109 Å². The minimum Gasteiger partial charge on any atom is -0.380 e. The van der Waals surface area contributed by atoms with Crippen molar-refractivity contribution in [3.63, 3.8) is 0 Å². The molecular formula is C26H22N2O2. The van der Waals surface area contributed by atoms with Crippen LogP contribution >= 0.6 is 0 Å². The average molecular weight is 394 g/mol. The molecule has 0 aliphatic carbocycles. The molecule has 1 N–H and O–H groups in total. The third-order valence-electron chi connectivity index (χ3n) is 4.65. The van der Waals surface area contributed by atoms with Gasteiger partial charge in [-0.05, 0) is 59.7 Å². The van der Waals surface area contributed by atoms with Crippen molar-refractivity contribution in [3.05, 3.63) is 109 Å². The van der Waals surface area contributed by atoms with E-state index in [0.717, 1.165) is 28.2 Å². The Morgan fingerprint density at radius 3 is 1.53 bits per heavy atom. The number of amides is 1. The largest absolute Gasteiger partial charge is 0.380 e. The highest BCUT2D eigenvalue weighted by Gasteiger charge is 2.11. The summed E-state index contributed by atoms with van der Waals surface area (Å²) in [5.74, 6) is 0.348. The standard InChI is InChI=1S/C26H22N2O2/c1-20(29)27-30-26-18-14-22(15-19-26)21-12-16-25(17-13-21)28(23-8-4-2-5-9-23)24-10-6-3-7-11-24/h2-19H,1H3,(H,27,29). The lowest BCUT2D eigenvalue weighted by molar-refractivity contribution is -0.125. The summed E-state index contributed by atoms with van der Waals surface area (Å²) < 4.78 is 0. The molecule has 4 aromatic carbocycles. The Morgan fingerprint density at radius 2 is 1.07 bits per heavy atom. The summed E-state index contributed by atoms with van der Waals surface area (Å²) in [5.41, 5.74) is 7.80. The van der Waals surface area contributed by atoms with Crippen LogP contribution in [0.25, 0.3) is 11.1 Å². The van der Waals surface area contributed by atoms with Crippen molar-refractivity contribution in [1.82, 2.24) is 5.48 Å². The highest BCUT2D eigenvalue weighted by Crippen LogP contribution is 2.35.